The summed E-state index contributed by atoms with van der Waals surface area (Å²) in [5.41, 5.74) is 1.15. The van der Waals surface area contributed by atoms with Crippen LogP contribution in [0.4, 0.5) is 8.78 Å². The standard InChI is InChI=1S/C15H18F2N4.ClH/c1-18-12-4-6-20(9-12)10-13-5-7-21(19-13)15-3-2-11(16)8-14(15)17;/h2-3,5,7-8,12,18H,4,6,9-10H2,1H3;1H. The molecule has 1 aliphatic rings. The summed E-state index contributed by atoms with van der Waals surface area (Å²) in [5.74, 6) is -1.19. The molecule has 1 N–H and O–H groups in total. The fourth-order valence-corrected chi connectivity index (χ4v) is 2.69. The first-order valence-corrected chi connectivity index (χ1v) is 7.05. The lowest BCUT2D eigenvalue weighted by Crippen LogP contribution is -2.29. The Bertz CT molecular complexity index is 632. The Hall–Kier alpha value is -1.50. The van der Waals surface area contributed by atoms with Gasteiger partial charge in [0.15, 0.2) is 5.82 Å². The van der Waals surface area contributed by atoms with Crippen molar-refractivity contribution in [2.75, 3.05) is 20.1 Å². The molecule has 120 valence electrons. The fourth-order valence-electron chi connectivity index (χ4n) is 2.69. The highest BCUT2D eigenvalue weighted by molar-refractivity contribution is 5.85. The summed E-state index contributed by atoms with van der Waals surface area (Å²) in [4.78, 5) is 2.31. The molecule has 1 unspecified atom stereocenters. The van der Waals surface area contributed by atoms with Crippen molar-refractivity contribution in [1.29, 1.82) is 0 Å². The number of rotatable bonds is 4. The molecule has 1 aliphatic heterocycles. The molecule has 1 aromatic carbocycles. The second kappa shape index (κ2) is 7.17. The number of hydrogen-bond acceptors (Lipinski definition) is 3. The SMILES string of the molecule is CNC1CCN(Cc2ccn(-c3ccc(F)cc3F)n2)C1.Cl. The molecule has 1 aromatic heterocycles. The summed E-state index contributed by atoms with van der Waals surface area (Å²) >= 11 is 0. The third-order valence-electron chi connectivity index (χ3n) is 3.87. The Morgan fingerprint density at radius 3 is 2.82 bits per heavy atom. The molecule has 0 saturated carbocycles. The molecule has 1 atom stereocenters. The second-order valence-electron chi connectivity index (χ2n) is 5.36. The first kappa shape index (κ1) is 16.9. The molecule has 22 heavy (non-hydrogen) atoms. The smallest absolute Gasteiger partial charge is 0.151 e. The van der Waals surface area contributed by atoms with Crippen molar-refractivity contribution in [3.8, 4) is 5.69 Å². The van der Waals surface area contributed by atoms with Crippen molar-refractivity contribution < 1.29 is 8.78 Å². The van der Waals surface area contributed by atoms with E-state index in [0.29, 0.717) is 6.04 Å². The maximum Gasteiger partial charge on any atom is 0.151 e. The molecule has 0 spiro atoms. The van der Waals surface area contributed by atoms with Crippen LogP contribution in [0.15, 0.2) is 30.5 Å². The van der Waals surface area contributed by atoms with Gasteiger partial charge >= 0.3 is 0 Å². The number of nitrogens with zero attached hydrogens (tertiary/aromatic N) is 3. The molecule has 2 aromatic rings. The third-order valence-corrected chi connectivity index (χ3v) is 3.87. The maximum absolute atomic E-state index is 13.7. The number of nitrogens with one attached hydrogen (secondary N) is 1. The minimum Gasteiger partial charge on any atom is -0.316 e. The average molecular weight is 329 g/mol. The van der Waals surface area contributed by atoms with Gasteiger partial charge in [0.1, 0.15) is 11.5 Å². The van der Waals surface area contributed by atoms with E-state index in [-0.39, 0.29) is 18.1 Å². The zero-order chi connectivity index (χ0) is 14.8. The van der Waals surface area contributed by atoms with E-state index in [9.17, 15) is 8.78 Å². The molecule has 7 heteroatoms. The predicted molar refractivity (Wildman–Crippen MR) is 83.5 cm³/mol. The number of hydrogen-bond donors (Lipinski definition) is 1. The van der Waals surface area contributed by atoms with Gasteiger partial charge < -0.3 is 5.32 Å². The Labute approximate surface area is 134 Å². The molecule has 0 amide bonds. The van der Waals surface area contributed by atoms with Gasteiger partial charge in [-0.2, -0.15) is 5.10 Å². The molecule has 4 nitrogen and oxygen atoms in total. The number of benzene rings is 1. The Kier molecular flexibility index (Phi) is 5.50. The second-order valence-corrected chi connectivity index (χ2v) is 5.36. The van der Waals surface area contributed by atoms with Gasteiger partial charge in [-0.25, -0.2) is 13.5 Å². The van der Waals surface area contributed by atoms with Crippen LogP contribution in [0.2, 0.25) is 0 Å². The van der Waals surface area contributed by atoms with Crippen LogP contribution in [0.3, 0.4) is 0 Å². The summed E-state index contributed by atoms with van der Waals surface area (Å²) in [7, 11) is 1.97. The van der Waals surface area contributed by atoms with E-state index in [2.05, 4.69) is 15.3 Å². The van der Waals surface area contributed by atoms with Crippen molar-refractivity contribution in [1.82, 2.24) is 20.0 Å². The zero-order valence-electron chi connectivity index (χ0n) is 12.3. The van der Waals surface area contributed by atoms with Crippen LogP contribution in [-0.2, 0) is 6.54 Å². The molecule has 0 radical (unpaired) electrons. The highest BCUT2D eigenvalue weighted by Crippen LogP contribution is 2.16. The average Bonchev–Trinajstić information content (AvgIpc) is 3.08. The van der Waals surface area contributed by atoms with Gasteiger partial charge in [-0.15, -0.1) is 12.4 Å². The van der Waals surface area contributed by atoms with Crippen molar-refractivity contribution in [3.63, 3.8) is 0 Å². The Balaban J connectivity index is 0.00000176. The van der Waals surface area contributed by atoms with Crippen LogP contribution in [0.25, 0.3) is 5.69 Å². The van der Waals surface area contributed by atoms with E-state index >= 15 is 0 Å². The van der Waals surface area contributed by atoms with Gasteiger partial charge in [0, 0.05) is 37.9 Å². The summed E-state index contributed by atoms with van der Waals surface area (Å²) in [5, 5.41) is 7.65. The normalized spacial score (nSPS) is 18.4. The van der Waals surface area contributed by atoms with Crippen LogP contribution in [-0.4, -0.2) is 40.9 Å². The Morgan fingerprint density at radius 2 is 2.14 bits per heavy atom. The van der Waals surface area contributed by atoms with E-state index in [1.165, 1.54) is 16.8 Å². The summed E-state index contributed by atoms with van der Waals surface area (Å²) in [6.45, 7) is 2.77. The van der Waals surface area contributed by atoms with E-state index in [1.54, 1.807) is 6.20 Å². The van der Waals surface area contributed by atoms with Gasteiger partial charge in [0.05, 0.1) is 5.69 Å². The quantitative estimate of drug-likeness (QED) is 0.935. The first-order chi connectivity index (χ1) is 10.2. The maximum atomic E-state index is 13.7. The Morgan fingerprint density at radius 1 is 1.32 bits per heavy atom. The van der Waals surface area contributed by atoms with Crippen LogP contribution >= 0.6 is 12.4 Å². The molecular formula is C15H19ClF2N4. The van der Waals surface area contributed by atoms with Crippen LogP contribution < -0.4 is 5.32 Å². The minimum atomic E-state index is -0.610. The largest absolute Gasteiger partial charge is 0.316 e. The monoisotopic (exact) mass is 328 g/mol. The van der Waals surface area contributed by atoms with Gasteiger partial charge in [-0.3, -0.25) is 4.90 Å². The molecule has 1 fully saturated rings. The van der Waals surface area contributed by atoms with Gasteiger partial charge in [0.2, 0.25) is 0 Å². The summed E-state index contributed by atoms with van der Waals surface area (Å²) in [6.07, 6.45) is 2.83. The van der Waals surface area contributed by atoms with Gasteiger partial charge in [-0.05, 0) is 31.7 Å². The van der Waals surface area contributed by atoms with Crippen LogP contribution in [0.1, 0.15) is 12.1 Å². The number of halogens is 3. The van der Waals surface area contributed by atoms with Gasteiger partial charge in [-0.1, -0.05) is 0 Å². The van der Waals surface area contributed by atoms with Crippen molar-refractivity contribution >= 4 is 12.4 Å². The van der Waals surface area contributed by atoms with Crippen LogP contribution in [0, 0.1) is 11.6 Å². The van der Waals surface area contributed by atoms with Crippen molar-refractivity contribution in [2.24, 2.45) is 0 Å². The first-order valence-electron chi connectivity index (χ1n) is 7.05. The molecular weight excluding hydrogens is 310 g/mol. The van der Waals surface area contributed by atoms with E-state index in [4.69, 9.17) is 0 Å². The van der Waals surface area contributed by atoms with Gasteiger partial charge in [0.25, 0.3) is 0 Å². The number of likely N-dealkylation sites (tertiary alicyclic amines) is 1. The number of aromatic nitrogens is 2. The van der Waals surface area contributed by atoms with Crippen molar-refractivity contribution in [2.45, 2.75) is 19.0 Å². The van der Waals surface area contributed by atoms with Crippen molar-refractivity contribution in [3.05, 3.63) is 47.8 Å². The topological polar surface area (TPSA) is 33.1 Å². The summed E-state index contributed by atoms with van der Waals surface area (Å²) < 4.78 is 28.1. The highest BCUT2D eigenvalue weighted by atomic mass is 35.5. The molecule has 3 rings (SSSR count). The van der Waals surface area contributed by atoms with E-state index in [1.807, 2.05) is 13.1 Å². The molecule has 0 bridgehead atoms. The number of likely N-dealkylation sites (N-methyl/N-ethyl adjacent to an activating group) is 1. The molecule has 1 saturated heterocycles. The minimum absolute atomic E-state index is 0. The predicted octanol–water partition coefficient (Wildman–Crippen LogP) is 2.37. The lowest BCUT2D eigenvalue weighted by atomic mass is 10.3. The lowest BCUT2D eigenvalue weighted by molar-refractivity contribution is 0.317. The third kappa shape index (κ3) is 3.63. The summed E-state index contributed by atoms with van der Waals surface area (Å²) in [6, 6.07) is 5.90. The van der Waals surface area contributed by atoms with E-state index in [0.717, 1.165) is 37.8 Å². The molecule has 2 heterocycles. The zero-order valence-corrected chi connectivity index (χ0v) is 13.1. The van der Waals surface area contributed by atoms with Crippen LogP contribution in [0.5, 0.6) is 0 Å². The highest BCUT2D eigenvalue weighted by Gasteiger charge is 2.21. The molecule has 0 aliphatic carbocycles. The van der Waals surface area contributed by atoms with E-state index < -0.39 is 11.6 Å². The lowest BCUT2D eigenvalue weighted by Gasteiger charge is -2.14. The fraction of sp³-hybridized carbons (Fsp3) is 0.400.